The summed E-state index contributed by atoms with van der Waals surface area (Å²) in [5, 5.41) is 10.6. The summed E-state index contributed by atoms with van der Waals surface area (Å²) in [6.07, 6.45) is 3.62. The third-order valence-corrected chi connectivity index (χ3v) is 6.33. The maximum absolute atomic E-state index is 15.7. The van der Waals surface area contributed by atoms with E-state index in [1.54, 1.807) is 0 Å². The van der Waals surface area contributed by atoms with Crippen LogP contribution in [-0.4, -0.2) is 29.0 Å². The number of alkyl halides is 1. The van der Waals surface area contributed by atoms with Crippen LogP contribution in [-0.2, 0) is 9.53 Å². The molecule has 0 aromatic heterocycles. The van der Waals surface area contributed by atoms with Gasteiger partial charge in [0.25, 0.3) is 0 Å². The molecule has 1 aliphatic heterocycles. The number of ether oxygens (including phenoxy) is 1. The Kier molecular flexibility index (Phi) is 2.47. The number of hydrogen-bond acceptors (Lipinski definition) is 3. The number of carbonyl (C=O) groups is 1. The van der Waals surface area contributed by atoms with Crippen LogP contribution < -0.4 is 0 Å². The van der Waals surface area contributed by atoms with E-state index in [1.165, 1.54) is 0 Å². The first kappa shape index (κ1) is 13.3. The van der Waals surface area contributed by atoms with Gasteiger partial charge in [-0.2, -0.15) is 0 Å². The molecule has 4 atom stereocenters. The minimum Gasteiger partial charge on any atom is -0.460 e. The Bertz CT molecular complexity index is 435. The largest absolute Gasteiger partial charge is 0.460 e. The van der Waals surface area contributed by atoms with Gasteiger partial charge in [0.15, 0.2) is 11.3 Å². The van der Waals surface area contributed by atoms with Crippen LogP contribution in [0.3, 0.4) is 0 Å². The van der Waals surface area contributed by atoms with Crippen LogP contribution in [0.4, 0.5) is 4.39 Å². The molecular weight excluding hydrogens is 247 g/mol. The van der Waals surface area contributed by atoms with Crippen LogP contribution in [0, 0.1) is 16.7 Å². The molecule has 3 rings (SSSR count). The van der Waals surface area contributed by atoms with Gasteiger partial charge in [-0.3, -0.25) is 0 Å². The second kappa shape index (κ2) is 3.51. The van der Waals surface area contributed by atoms with E-state index in [4.69, 9.17) is 4.74 Å². The Balaban J connectivity index is 2.10. The molecule has 0 amide bonds. The van der Waals surface area contributed by atoms with Crippen molar-refractivity contribution >= 4 is 5.97 Å². The van der Waals surface area contributed by atoms with Gasteiger partial charge in [0.1, 0.15) is 6.61 Å². The number of hydrogen-bond donors (Lipinski definition) is 1. The number of carbonyl (C=O) groups excluding carboxylic acids is 1. The van der Waals surface area contributed by atoms with Gasteiger partial charge in [-0.15, -0.1) is 0 Å². The summed E-state index contributed by atoms with van der Waals surface area (Å²) in [6.45, 7) is 5.98. The zero-order chi connectivity index (χ0) is 14.1. The summed E-state index contributed by atoms with van der Waals surface area (Å²) < 4.78 is 20.6. The summed E-state index contributed by atoms with van der Waals surface area (Å²) in [5.74, 6) is -0.577. The smallest absolute Gasteiger partial charge is 0.341 e. The van der Waals surface area contributed by atoms with Crippen LogP contribution in [0.5, 0.6) is 0 Å². The molecule has 0 radical (unpaired) electrons. The van der Waals surface area contributed by atoms with Gasteiger partial charge in [0.2, 0.25) is 0 Å². The van der Waals surface area contributed by atoms with Crippen molar-refractivity contribution < 1.29 is 19.0 Å². The fraction of sp³-hybridized carbons (Fsp3) is 0.933. The molecule has 0 aromatic carbocycles. The van der Waals surface area contributed by atoms with E-state index in [0.717, 1.165) is 19.3 Å². The molecule has 2 aliphatic carbocycles. The summed E-state index contributed by atoms with van der Waals surface area (Å²) in [5.41, 5.74) is -4.48. The van der Waals surface area contributed by atoms with Crippen molar-refractivity contribution in [2.45, 2.75) is 64.1 Å². The predicted molar refractivity (Wildman–Crippen MR) is 68.2 cm³/mol. The van der Waals surface area contributed by atoms with Gasteiger partial charge in [-0.1, -0.05) is 27.2 Å². The standard InChI is InChI=1S/C15H23FO3/c1-12(2)6-4-7-13(3)10(12)5-8-14(18)11(17)19-9-15(13,14)16/h10,18H,4-9H2,1-3H3/t10-,13-,14+,15-/m0/s1. The lowest BCUT2D eigenvalue weighted by atomic mass is 9.45. The first-order chi connectivity index (χ1) is 8.67. The van der Waals surface area contributed by atoms with Crippen molar-refractivity contribution in [1.82, 2.24) is 0 Å². The van der Waals surface area contributed by atoms with Crippen molar-refractivity contribution in [2.75, 3.05) is 6.61 Å². The number of rotatable bonds is 0. The first-order valence-electron chi connectivity index (χ1n) is 7.26. The number of esters is 1. The zero-order valence-corrected chi connectivity index (χ0v) is 12.0. The molecule has 3 nitrogen and oxygen atoms in total. The van der Waals surface area contributed by atoms with E-state index >= 15 is 4.39 Å². The molecule has 0 bridgehead atoms. The second-order valence-corrected chi connectivity index (χ2v) is 7.59. The molecule has 0 aromatic rings. The van der Waals surface area contributed by atoms with E-state index < -0.39 is 22.7 Å². The second-order valence-electron chi connectivity index (χ2n) is 7.59. The molecule has 3 fully saturated rings. The lowest BCUT2D eigenvalue weighted by Gasteiger charge is -2.60. The Labute approximate surface area is 113 Å². The molecule has 1 N–H and O–H groups in total. The van der Waals surface area contributed by atoms with Gasteiger partial charge in [-0.05, 0) is 37.0 Å². The molecule has 1 saturated heterocycles. The van der Waals surface area contributed by atoms with Gasteiger partial charge in [0, 0.05) is 5.41 Å². The van der Waals surface area contributed by atoms with Crippen LogP contribution in [0.25, 0.3) is 0 Å². The maximum atomic E-state index is 15.7. The fourth-order valence-electron chi connectivity index (χ4n) is 5.16. The number of fused-ring (bicyclic) bond motifs is 3. The van der Waals surface area contributed by atoms with Crippen LogP contribution >= 0.6 is 0 Å². The zero-order valence-electron chi connectivity index (χ0n) is 12.0. The number of cyclic esters (lactones) is 1. The third kappa shape index (κ3) is 1.34. The predicted octanol–water partition coefficient (Wildman–Crippen LogP) is 2.61. The van der Waals surface area contributed by atoms with E-state index in [2.05, 4.69) is 13.8 Å². The summed E-state index contributed by atoms with van der Waals surface area (Å²) in [7, 11) is 0. The monoisotopic (exact) mass is 270 g/mol. The Morgan fingerprint density at radius 3 is 2.63 bits per heavy atom. The van der Waals surface area contributed by atoms with Crippen molar-refractivity contribution in [3.8, 4) is 0 Å². The molecule has 0 unspecified atom stereocenters. The first-order valence-corrected chi connectivity index (χ1v) is 7.26. The minimum absolute atomic E-state index is 0.0546. The van der Waals surface area contributed by atoms with E-state index in [0.29, 0.717) is 6.42 Å². The van der Waals surface area contributed by atoms with Crippen LogP contribution in [0.2, 0.25) is 0 Å². The molecule has 4 heteroatoms. The molecule has 3 aliphatic rings. The Hall–Kier alpha value is -0.640. The topological polar surface area (TPSA) is 46.5 Å². The molecule has 1 heterocycles. The summed E-state index contributed by atoms with van der Waals surface area (Å²) >= 11 is 0. The highest BCUT2D eigenvalue weighted by Crippen LogP contribution is 2.66. The molecule has 0 spiro atoms. The van der Waals surface area contributed by atoms with Crippen molar-refractivity contribution in [3.63, 3.8) is 0 Å². The minimum atomic E-state index is -1.93. The van der Waals surface area contributed by atoms with E-state index in [-0.39, 0.29) is 24.4 Å². The van der Waals surface area contributed by atoms with Gasteiger partial charge < -0.3 is 9.84 Å². The molecule has 108 valence electrons. The van der Waals surface area contributed by atoms with Gasteiger partial charge >= 0.3 is 5.97 Å². The number of aliphatic hydroxyl groups is 1. The highest BCUT2D eigenvalue weighted by molar-refractivity contribution is 5.84. The molecule has 2 saturated carbocycles. The average Bonchev–Trinajstić information content (AvgIpc) is 2.54. The molecular formula is C15H23FO3. The number of halogens is 1. The lowest BCUT2D eigenvalue weighted by molar-refractivity contribution is -0.219. The van der Waals surface area contributed by atoms with Gasteiger partial charge in [0.05, 0.1) is 0 Å². The van der Waals surface area contributed by atoms with E-state index in [1.807, 2.05) is 6.92 Å². The maximum Gasteiger partial charge on any atom is 0.341 e. The highest BCUT2D eigenvalue weighted by Gasteiger charge is 2.76. The van der Waals surface area contributed by atoms with Crippen LogP contribution in [0.1, 0.15) is 52.9 Å². The van der Waals surface area contributed by atoms with Crippen molar-refractivity contribution in [2.24, 2.45) is 16.7 Å². The Morgan fingerprint density at radius 2 is 1.95 bits per heavy atom. The van der Waals surface area contributed by atoms with Gasteiger partial charge in [-0.25, -0.2) is 9.18 Å². The van der Waals surface area contributed by atoms with Crippen molar-refractivity contribution in [1.29, 1.82) is 0 Å². The normalized spacial score (nSPS) is 52.3. The average molecular weight is 270 g/mol. The lowest BCUT2D eigenvalue weighted by Crippen LogP contribution is -2.68. The summed E-state index contributed by atoms with van der Waals surface area (Å²) in [4.78, 5) is 11.8. The quantitative estimate of drug-likeness (QED) is 0.688. The summed E-state index contributed by atoms with van der Waals surface area (Å²) in [6, 6.07) is 0. The van der Waals surface area contributed by atoms with Crippen LogP contribution in [0.15, 0.2) is 0 Å². The highest BCUT2D eigenvalue weighted by atomic mass is 19.1. The van der Waals surface area contributed by atoms with E-state index in [9.17, 15) is 9.90 Å². The molecule has 19 heavy (non-hydrogen) atoms. The third-order valence-electron chi connectivity index (χ3n) is 6.33. The van der Waals surface area contributed by atoms with Crippen molar-refractivity contribution in [3.05, 3.63) is 0 Å². The fourth-order valence-corrected chi connectivity index (χ4v) is 5.16. The SMILES string of the molecule is CC1(C)CCC[C@@]2(C)[C@H]1CC[C@@]1(O)C(=O)OC[C@@]12F. The Morgan fingerprint density at radius 1 is 1.26 bits per heavy atom.